The van der Waals surface area contributed by atoms with Gasteiger partial charge in [0, 0.05) is 12.1 Å². The van der Waals surface area contributed by atoms with Gasteiger partial charge in [-0.3, -0.25) is 0 Å². The summed E-state index contributed by atoms with van der Waals surface area (Å²) in [5.74, 6) is 0. The minimum atomic E-state index is 1.25. The molecule has 26 heavy (non-hydrogen) atoms. The number of hydrogen-bond donors (Lipinski definition) is 0. The van der Waals surface area contributed by atoms with Crippen LogP contribution in [-0.2, 0) is 7.05 Å². The van der Waals surface area contributed by atoms with Crippen molar-refractivity contribution in [2.75, 3.05) is 0 Å². The first-order valence-corrected chi connectivity index (χ1v) is 9.02. The predicted octanol–water partition coefficient (Wildman–Crippen LogP) is 5.95. The van der Waals surface area contributed by atoms with Gasteiger partial charge in [-0.05, 0) is 63.0 Å². The van der Waals surface area contributed by atoms with Crippen LogP contribution >= 0.6 is 0 Å². The topological polar surface area (TPSA) is 3.88 Å². The summed E-state index contributed by atoms with van der Waals surface area (Å²) in [4.78, 5) is 0. The highest BCUT2D eigenvalue weighted by Gasteiger charge is 2.16. The zero-order valence-corrected chi connectivity index (χ0v) is 15.0. The van der Waals surface area contributed by atoms with Gasteiger partial charge in [0.15, 0.2) is 6.20 Å². The number of fused-ring (bicyclic) bond motifs is 4. The maximum Gasteiger partial charge on any atom is 0.213 e. The number of hydrogen-bond acceptors (Lipinski definition) is 0. The quantitative estimate of drug-likeness (QED) is 0.203. The van der Waals surface area contributed by atoms with E-state index in [0.717, 1.165) is 0 Å². The molecule has 1 aromatic heterocycles. The fraction of sp³-hybridized carbons (Fsp3) is 0.0800. The Morgan fingerprint density at radius 3 is 2.15 bits per heavy atom. The van der Waals surface area contributed by atoms with Gasteiger partial charge < -0.3 is 0 Å². The Labute approximate surface area is 153 Å². The number of aryl methyl sites for hydroxylation is 2. The Bertz CT molecular complexity index is 1300. The molecule has 124 valence electrons. The first-order chi connectivity index (χ1) is 12.7. The molecule has 0 radical (unpaired) electrons. The molecule has 0 saturated carbocycles. The lowest BCUT2D eigenvalue weighted by Gasteiger charge is -2.12. The van der Waals surface area contributed by atoms with Crippen molar-refractivity contribution in [2.45, 2.75) is 6.92 Å². The van der Waals surface area contributed by atoms with Crippen molar-refractivity contribution < 1.29 is 4.57 Å². The number of rotatable bonds is 1. The van der Waals surface area contributed by atoms with Gasteiger partial charge in [0.2, 0.25) is 5.69 Å². The van der Waals surface area contributed by atoms with Crippen LogP contribution in [0.15, 0.2) is 85.1 Å². The van der Waals surface area contributed by atoms with Crippen LogP contribution < -0.4 is 4.57 Å². The highest BCUT2D eigenvalue weighted by Crippen LogP contribution is 2.35. The molecule has 0 unspecified atom stereocenters. The van der Waals surface area contributed by atoms with Gasteiger partial charge in [0.1, 0.15) is 7.05 Å². The Kier molecular flexibility index (Phi) is 3.29. The highest BCUT2D eigenvalue weighted by atomic mass is 14.9. The second-order valence-corrected chi connectivity index (χ2v) is 7.04. The second-order valence-electron chi connectivity index (χ2n) is 7.04. The lowest BCUT2D eigenvalue weighted by Crippen LogP contribution is -2.30. The molecular weight excluding hydrogens is 314 g/mol. The zero-order valence-electron chi connectivity index (χ0n) is 15.0. The monoisotopic (exact) mass is 334 g/mol. The highest BCUT2D eigenvalue weighted by molar-refractivity contribution is 6.15. The predicted molar refractivity (Wildman–Crippen MR) is 110 cm³/mol. The Balaban J connectivity index is 1.93. The molecule has 4 aromatic carbocycles. The molecule has 0 N–H and O–H groups in total. The van der Waals surface area contributed by atoms with Crippen LogP contribution in [0.25, 0.3) is 43.6 Å². The van der Waals surface area contributed by atoms with Gasteiger partial charge >= 0.3 is 0 Å². The van der Waals surface area contributed by atoms with Crippen molar-refractivity contribution >= 4 is 32.3 Å². The molecule has 0 fully saturated rings. The van der Waals surface area contributed by atoms with Gasteiger partial charge in [0.25, 0.3) is 0 Å². The van der Waals surface area contributed by atoms with Crippen molar-refractivity contribution in [3.63, 3.8) is 0 Å². The summed E-state index contributed by atoms with van der Waals surface area (Å²) in [5.41, 5.74) is 3.87. The van der Waals surface area contributed by atoms with Crippen LogP contribution in [0.4, 0.5) is 0 Å². The minimum absolute atomic E-state index is 1.25. The van der Waals surface area contributed by atoms with Gasteiger partial charge in [-0.15, -0.1) is 0 Å². The first-order valence-electron chi connectivity index (χ1n) is 9.02. The molecule has 0 aliphatic heterocycles. The van der Waals surface area contributed by atoms with Crippen LogP contribution in [0, 0.1) is 6.92 Å². The third kappa shape index (κ3) is 2.21. The van der Waals surface area contributed by atoms with E-state index in [9.17, 15) is 0 Å². The second kappa shape index (κ2) is 5.67. The fourth-order valence-corrected chi connectivity index (χ4v) is 4.06. The summed E-state index contributed by atoms with van der Waals surface area (Å²) in [6.07, 6.45) is 2.11. The lowest BCUT2D eigenvalue weighted by molar-refractivity contribution is -0.660. The Hall–Kier alpha value is -3.19. The molecule has 5 aromatic rings. The van der Waals surface area contributed by atoms with Crippen molar-refractivity contribution in [1.82, 2.24) is 0 Å². The third-order valence-electron chi connectivity index (χ3n) is 5.40. The largest absolute Gasteiger partial charge is 0.213 e. The summed E-state index contributed by atoms with van der Waals surface area (Å²) >= 11 is 0. The molecule has 0 aliphatic carbocycles. The third-order valence-corrected chi connectivity index (χ3v) is 5.40. The average molecular weight is 334 g/mol. The van der Waals surface area contributed by atoms with Crippen molar-refractivity contribution in [3.8, 4) is 11.3 Å². The summed E-state index contributed by atoms with van der Waals surface area (Å²) in [7, 11) is 2.11. The SMILES string of the molecule is Cc1ccc2c(ccc3cc4ccccc4cc32)c1-c1cccc[n+]1C. The van der Waals surface area contributed by atoms with E-state index in [1.165, 1.54) is 49.1 Å². The molecular formula is C25H20N+. The zero-order chi connectivity index (χ0) is 17.7. The van der Waals surface area contributed by atoms with E-state index in [4.69, 9.17) is 0 Å². The first kappa shape index (κ1) is 15.1. The number of aromatic nitrogens is 1. The molecule has 0 amide bonds. The molecule has 1 heteroatoms. The molecule has 0 saturated heterocycles. The van der Waals surface area contributed by atoms with Crippen LogP contribution in [0.3, 0.4) is 0 Å². The normalized spacial score (nSPS) is 11.5. The molecule has 0 bridgehead atoms. The smallest absolute Gasteiger partial charge is 0.201 e. The maximum atomic E-state index is 2.33. The molecule has 0 spiro atoms. The van der Waals surface area contributed by atoms with Gasteiger partial charge in [-0.1, -0.05) is 48.5 Å². The minimum Gasteiger partial charge on any atom is -0.201 e. The van der Waals surface area contributed by atoms with Crippen molar-refractivity contribution in [3.05, 3.63) is 90.6 Å². The van der Waals surface area contributed by atoms with Gasteiger partial charge in [-0.2, -0.15) is 0 Å². The molecule has 5 rings (SSSR count). The van der Waals surface area contributed by atoms with E-state index in [-0.39, 0.29) is 0 Å². The number of benzene rings is 4. The van der Waals surface area contributed by atoms with E-state index in [1.807, 2.05) is 0 Å². The van der Waals surface area contributed by atoms with Crippen molar-refractivity contribution in [1.29, 1.82) is 0 Å². The molecule has 0 aliphatic rings. The van der Waals surface area contributed by atoms with E-state index < -0.39 is 0 Å². The lowest BCUT2D eigenvalue weighted by atomic mass is 9.92. The number of nitrogens with zero attached hydrogens (tertiary/aromatic N) is 1. The molecule has 0 atom stereocenters. The van der Waals surface area contributed by atoms with Crippen LogP contribution in [0.1, 0.15) is 5.56 Å². The van der Waals surface area contributed by atoms with E-state index in [1.54, 1.807) is 0 Å². The summed E-state index contributed by atoms with van der Waals surface area (Å²) in [6.45, 7) is 2.20. The average Bonchev–Trinajstić information content (AvgIpc) is 2.67. The van der Waals surface area contributed by atoms with Crippen molar-refractivity contribution in [2.24, 2.45) is 7.05 Å². The van der Waals surface area contributed by atoms with Crippen LogP contribution in [0.5, 0.6) is 0 Å². The molecule has 1 heterocycles. The van der Waals surface area contributed by atoms with Crippen LogP contribution in [-0.4, -0.2) is 0 Å². The van der Waals surface area contributed by atoms with E-state index >= 15 is 0 Å². The fourth-order valence-electron chi connectivity index (χ4n) is 4.06. The van der Waals surface area contributed by atoms with E-state index in [2.05, 4.69) is 104 Å². The van der Waals surface area contributed by atoms with Gasteiger partial charge in [-0.25, -0.2) is 4.57 Å². The van der Waals surface area contributed by atoms with Gasteiger partial charge in [0.05, 0.1) is 5.56 Å². The summed E-state index contributed by atoms with van der Waals surface area (Å²) in [5, 5.41) is 7.83. The summed E-state index contributed by atoms with van der Waals surface area (Å²) in [6, 6.07) is 28.7. The Morgan fingerprint density at radius 2 is 1.35 bits per heavy atom. The summed E-state index contributed by atoms with van der Waals surface area (Å²) < 4.78 is 2.20. The Morgan fingerprint density at radius 1 is 0.615 bits per heavy atom. The number of pyridine rings is 1. The molecule has 1 nitrogen and oxygen atoms in total. The van der Waals surface area contributed by atoms with E-state index in [0.29, 0.717) is 0 Å². The van der Waals surface area contributed by atoms with Crippen LogP contribution in [0.2, 0.25) is 0 Å². The standard InChI is InChI=1S/C25H20N/c1-17-10-12-21-22(25(17)24-9-5-6-14-26(24)2)13-11-20-15-18-7-3-4-8-19(18)16-23(20)21/h3-16H,1-2H3/q+1. The maximum absolute atomic E-state index is 2.33.